The number of nitrogens with one attached hydrogen (secondary N) is 1. The predicted molar refractivity (Wildman–Crippen MR) is 82.8 cm³/mol. The second kappa shape index (κ2) is 7.97. The topological polar surface area (TPSA) is 73.3 Å². The van der Waals surface area contributed by atoms with Gasteiger partial charge in [0.1, 0.15) is 12.4 Å². The van der Waals surface area contributed by atoms with Crippen LogP contribution in [0.5, 0.6) is 11.6 Å². The van der Waals surface area contributed by atoms with E-state index < -0.39 is 0 Å². The third-order valence-electron chi connectivity index (χ3n) is 3.02. The Hall–Kier alpha value is -2.63. The van der Waals surface area contributed by atoms with E-state index in [1.807, 2.05) is 30.3 Å². The maximum atomic E-state index is 11.1. The van der Waals surface area contributed by atoms with Gasteiger partial charge in [-0.1, -0.05) is 6.92 Å². The van der Waals surface area contributed by atoms with E-state index in [1.54, 1.807) is 20.1 Å². The third-order valence-corrected chi connectivity index (χ3v) is 3.02. The lowest BCUT2D eigenvalue weighted by atomic mass is 10.1. The van der Waals surface area contributed by atoms with Crippen LogP contribution in [0.4, 0.5) is 0 Å². The average Bonchev–Trinajstić information content (AvgIpc) is 2.59. The van der Waals surface area contributed by atoms with Crippen LogP contribution < -0.4 is 14.8 Å². The highest BCUT2D eigenvalue weighted by Gasteiger charge is 2.03. The Kier molecular flexibility index (Phi) is 5.71. The minimum atomic E-state index is 0.00420. The summed E-state index contributed by atoms with van der Waals surface area (Å²) in [6.45, 7) is 2.62. The number of amides is 1. The lowest BCUT2D eigenvalue weighted by molar-refractivity contribution is -0.120. The van der Waals surface area contributed by atoms with E-state index in [1.165, 1.54) is 0 Å². The molecule has 0 atom stereocenters. The molecule has 6 nitrogen and oxygen atoms in total. The molecule has 116 valence electrons. The van der Waals surface area contributed by atoms with E-state index in [0.717, 1.165) is 17.0 Å². The quantitative estimate of drug-likeness (QED) is 0.792. The molecular formula is C16H19N3O3. The Balaban J connectivity index is 1.88. The Morgan fingerprint density at radius 2 is 1.91 bits per heavy atom. The van der Waals surface area contributed by atoms with Gasteiger partial charge in [-0.05, 0) is 30.3 Å². The number of hydrogen-bond donors (Lipinski definition) is 1. The highest BCUT2D eigenvalue weighted by molar-refractivity contribution is 5.75. The standard InChI is InChI=1S/C16H19N3O3/c1-3-15(20)17-10-11-22-16-9-8-14(18-19-16)12-4-6-13(21-2)7-5-12/h4-9H,3,10-11H2,1-2H3,(H,17,20). The third kappa shape index (κ3) is 4.44. The molecular weight excluding hydrogens is 282 g/mol. The Bertz CT molecular complexity index is 597. The highest BCUT2D eigenvalue weighted by Crippen LogP contribution is 2.20. The van der Waals surface area contributed by atoms with Crippen LogP contribution in [0.1, 0.15) is 13.3 Å². The van der Waals surface area contributed by atoms with Crippen molar-refractivity contribution in [2.45, 2.75) is 13.3 Å². The van der Waals surface area contributed by atoms with Crippen molar-refractivity contribution in [1.82, 2.24) is 15.5 Å². The van der Waals surface area contributed by atoms with Gasteiger partial charge in [-0.15, -0.1) is 10.2 Å². The average molecular weight is 301 g/mol. The van der Waals surface area contributed by atoms with Crippen molar-refractivity contribution in [2.75, 3.05) is 20.3 Å². The van der Waals surface area contributed by atoms with Crippen LogP contribution >= 0.6 is 0 Å². The van der Waals surface area contributed by atoms with E-state index in [4.69, 9.17) is 9.47 Å². The Labute approximate surface area is 129 Å². The van der Waals surface area contributed by atoms with Crippen LogP contribution in [-0.2, 0) is 4.79 Å². The summed E-state index contributed by atoms with van der Waals surface area (Å²) in [6.07, 6.45) is 0.469. The van der Waals surface area contributed by atoms with E-state index in [-0.39, 0.29) is 5.91 Å². The summed E-state index contributed by atoms with van der Waals surface area (Å²) in [5, 5.41) is 10.9. The van der Waals surface area contributed by atoms with Crippen molar-refractivity contribution in [3.8, 4) is 22.9 Å². The fraction of sp³-hybridized carbons (Fsp3) is 0.312. The smallest absolute Gasteiger partial charge is 0.233 e. The normalized spacial score (nSPS) is 10.1. The molecule has 22 heavy (non-hydrogen) atoms. The summed E-state index contributed by atoms with van der Waals surface area (Å²) < 4.78 is 10.5. The fourth-order valence-electron chi connectivity index (χ4n) is 1.78. The summed E-state index contributed by atoms with van der Waals surface area (Å²) in [5.74, 6) is 1.23. The van der Waals surface area contributed by atoms with Crippen molar-refractivity contribution in [3.63, 3.8) is 0 Å². The molecule has 2 aromatic rings. The van der Waals surface area contributed by atoms with Crippen molar-refractivity contribution < 1.29 is 14.3 Å². The molecule has 0 aliphatic carbocycles. The first-order valence-electron chi connectivity index (χ1n) is 7.10. The van der Waals surface area contributed by atoms with Gasteiger partial charge < -0.3 is 14.8 Å². The van der Waals surface area contributed by atoms with E-state index in [9.17, 15) is 4.79 Å². The Morgan fingerprint density at radius 1 is 1.14 bits per heavy atom. The molecule has 0 saturated heterocycles. The van der Waals surface area contributed by atoms with Gasteiger partial charge in [0.05, 0.1) is 19.3 Å². The first-order valence-corrected chi connectivity index (χ1v) is 7.10. The molecule has 6 heteroatoms. The first kappa shape index (κ1) is 15.8. The SMILES string of the molecule is CCC(=O)NCCOc1ccc(-c2ccc(OC)cc2)nn1. The molecule has 1 N–H and O–H groups in total. The summed E-state index contributed by atoms with van der Waals surface area (Å²) >= 11 is 0. The van der Waals surface area contributed by atoms with Crippen LogP contribution in [0.25, 0.3) is 11.3 Å². The number of nitrogens with zero attached hydrogens (tertiary/aromatic N) is 2. The lowest BCUT2D eigenvalue weighted by Gasteiger charge is -2.06. The number of ether oxygens (including phenoxy) is 2. The summed E-state index contributed by atoms with van der Waals surface area (Å²) in [7, 11) is 1.63. The van der Waals surface area contributed by atoms with Crippen LogP contribution in [0.3, 0.4) is 0 Å². The maximum Gasteiger partial charge on any atom is 0.233 e. The summed E-state index contributed by atoms with van der Waals surface area (Å²) in [5.41, 5.74) is 1.71. The Morgan fingerprint density at radius 3 is 2.50 bits per heavy atom. The molecule has 0 saturated carbocycles. The van der Waals surface area contributed by atoms with Gasteiger partial charge in [0.25, 0.3) is 0 Å². The number of carbonyl (C=O) groups excluding carboxylic acids is 1. The molecule has 0 radical (unpaired) electrons. The molecule has 1 heterocycles. The molecule has 0 bridgehead atoms. The van der Waals surface area contributed by atoms with Gasteiger partial charge >= 0.3 is 0 Å². The molecule has 1 amide bonds. The number of rotatable bonds is 7. The summed E-state index contributed by atoms with van der Waals surface area (Å²) in [4.78, 5) is 11.1. The van der Waals surface area contributed by atoms with E-state index >= 15 is 0 Å². The van der Waals surface area contributed by atoms with Crippen LogP contribution in [0.2, 0.25) is 0 Å². The number of methoxy groups -OCH3 is 1. The van der Waals surface area contributed by atoms with E-state index in [2.05, 4.69) is 15.5 Å². The van der Waals surface area contributed by atoms with Crippen molar-refractivity contribution >= 4 is 5.91 Å². The molecule has 0 aliphatic heterocycles. The predicted octanol–water partition coefficient (Wildman–Crippen LogP) is 2.06. The molecule has 1 aromatic heterocycles. The maximum absolute atomic E-state index is 11.1. The van der Waals surface area contributed by atoms with Gasteiger partial charge in [0.15, 0.2) is 0 Å². The minimum Gasteiger partial charge on any atom is -0.497 e. The van der Waals surface area contributed by atoms with Crippen molar-refractivity contribution in [2.24, 2.45) is 0 Å². The van der Waals surface area contributed by atoms with Gasteiger partial charge in [0.2, 0.25) is 11.8 Å². The number of aromatic nitrogens is 2. The second-order valence-electron chi connectivity index (χ2n) is 4.54. The molecule has 0 fully saturated rings. The molecule has 0 aliphatic rings. The number of benzene rings is 1. The second-order valence-corrected chi connectivity index (χ2v) is 4.54. The van der Waals surface area contributed by atoms with Crippen LogP contribution in [0, 0.1) is 0 Å². The number of carbonyl (C=O) groups is 1. The molecule has 0 spiro atoms. The van der Waals surface area contributed by atoms with Gasteiger partial charge in [0, 0.05) is 18.1 Å². The zero-order valence-corrected chi connectivity index (χ0v) is 12.7. The number of hydrogen-bond acceptors (Lipinski definition) is 5. The van der Waals surface area contributed by atoms with Crippen LogP contribution in [0.15, 0.2) is 36.4 Å². The zero-order valence-electron chi connectivity index (χ0n) is 12.7. The van der Waals surface area contributed by atoms with E-state index in [0.29, 0.717) is 25.5 Å². The summed E-state index contributed by atoms with van der Waals surface area (Å²) in [6, 6.07) is 11.2. The van der Waals surface area contributed by atoms with Gasteiger partial charge in [-0.25, -0.2) is 0 Å². The monoisotopic (exact) mass is 301 g/mol. The van der Waals surface area contributed by atoms with Gasteiger partial charge in [-0.3, -0.25) is 4.79 Å². The first-order chi connectivity index (χ1) is 10.7. The molecule has 1 aromatic carbocycles. The van der Waals surface area contributed by atoms with Crippen molar-refractivity contribution in [3.05, 3.63) is 36.4 Å². The lowest BCUT2D eigenvalue weighted by Crippen LogP contribution is -2.27. The molecule has 0 unspecified atom stereocenters. The largest absolute Gasteiger partial charge is 0.497 e. The zero-order chi connectivity index (χ0) is 15.8. The minimum absolute atomic E-state index is 0.00420. The molecule has 2 rings (SSSR count). The fourth-order valence-corrected chi connectivity index (χ4v) is 1.78. The van der Waals surface area contributed by atoms with Gasteiger partial charge in [-0.2, -0.15) is 0 Å². The van der Waals surface area contributed by atoms with Crippen LogP contribution in [-0.4, -0.2) is 36.4 Å². The van der Waals surface area contributed by atoms with Crippen molar-refractivity contribution in [1.29, 1.82) is 0 Å². The highest BCUT2D eigenvalue weighted by atomic mass is 16.5.